The Morgan fingerprint density at radius 1 is 1.29 bits per heavy atom. The van der Waals surface area contributed by atoms with E-state index in [1.807, 2.05) is 12.1 Å². The molecule has 6 heteroatoms. The quantitative estimate of drug-likeness (QED) is 0.797. The van der Waals surface area contributed by atoms with Crippen molar-refractivity contribution in [3.8, 4) is 11.4 Å². The molecule has 0 saturated heterocycles. The van der Waals surface area contributed by atoms with Crippen LogP contribution in [-0.2, 0) is 0 Å². The predicted molar refractivity (Wildman–Crippen MR) is 77.5 cm³/mol. The zero-order valence-corrected chi connectivity index (χ0v) is 11.6. The highest BCUT2D eigenvalue weighted by molar-refractivity contribution is 5.95. The third kappa shape index (κ3) is 3.28. The molecule has 0 bridgehead atoms. The lowest BCUT2D eigenvalue weighted by atomic mass is 9.93. The van der Waals surface area contributed by atoms with E-state index in [2.05, 4.69) is 20.5 Å². The molecule has 0 radical (unpaired) electrons. The van der Waals surface area contributed by atoms with Gasteiger partial charge in [0, 0.05) is 17.2 Å². The van der Waals surface area contributed by atoms with Crippen LogP contribution in [0.1, 0.15) is 36.0 Å². The fraction of sp³-hybridized carbons (Fsp3) is 0.400. The van der Waals surface area contributed by atoms with Gasteiger partial charge in [-0.1, -0.05) is 12.1 Å². The van der Waals surface area contributed by atoms with E-state index in [4.69, 9.17) is 0 Å². The number of nitrogens with one attached hydrogen (secondary N) is 2. The highest BCUT2D eigenvalue weighted by atomic mass is 16.3. The molecule has 1 heterocycles. The first kappa shape index (κ1) is 13.8. The van der Waals surface area contributed by atoms with Crippen LogP contribution >= 0.6 is 0 Å². The zero-order chi connectivity index (χ0) is 14.7. The van der Waals surface area contributed by atoms with Gasteiger partial charge in [0.25, 0.3) is 5.91 Å². The molecular formula is C15H18N4O2. The summed E-state index contributed by atoms with van der Waals surface area (Å²) in [6.07, 6.45) is 4.39. The maximum absolute atomic E-state index is 12.3. The molecular weight excluding hydrogens is 268 g/mol. The Morgan fingerprint density at radius 3 is 2.81 bits per heavy atom. The number of aliphatic hydroxyl groups excluding tert-OH is 1. The summed E-state index contributed by atoms with van der Waals surface area (Å²) in [5.41, 5.74) is 1.44. The lowest BCUT2D eigenvalue weighted by Gasteiger charge is -2.26. The Kier molecular flexibility index (Phi) is 3.96. The fourth-order valence-electron chi connectivity index (χ4n) is 2.64. The van der Waals surface area contributed by atoms with E-state index in [-0.39, 0.29) is 18.1 Å². The summed E-state index contributed by atoms with van der Waals surface area (Å²) in [4.78, 5) is 16.4. The molecule has 1 aliphatic rings. The molecule has 0 unspecified atom stereocenters. The van der Waals surface area contributed by atoms with Gasteiger partial charge in [-0.25, -0.2) is 4.98 Å². The van der Waals surface area contributed by atoms with E-state index in [1.165, 1.54) is 6.33 Å². The summed E-state index contributed by atoms with van der Waals surface area (Å²) in [5, 5.41) is 19.1. The van der Waals surface area contributed by atoms with Crippen molar-refractivity contribution < 1.29 is 9.90 Å². The van der Waals surface area contributed by atoms with Gasteiger partial charge >= 0.3 is 0 Å². The molecule has 1 aromatic carbocycles. The van der Waals surface area contributed by atoms with E-state index >= 15 is 0 Å². The minimum atomic E-state index is -0.215. The second-order valence-electron chi connectivity index (χ2n) is 5.39. The standard InChI is InChI=1S/C15H18N4O2/c20-13-6-4-12(5-7-13)18-15(21)11-3-1-2-10(8-11)14-16-9-17-19-14/h1-3,8-9,12-13,20H,4-7H2,(H,18,21)(H,16,17,19). The SMILES string of the molecule is O=C(NC1CCC(O)CC1)c1cccc(-c2ncn[nH]2)c1. The summed E-state index contributed by atoms with van der Waals surface area (Å²) in [6.45, 7) is 0. The van der Waals surface area contributed by atoms with Gasteiger partial charge in [0.05, 0.1) is 6.10 Å². The number of carbonyl (C=O) groups excluding carboxylic acids is 1. The van der Waals surface area contributed by atoms with Crippen LogP contribution in [0, 0.1) is 0 Å². The summed E-state index contributed by atoms with van der Waals surface area (Å²) in [6, 6.07) is 7.45. The van der Waals surface area contributed by atoms with Crippen LogP contribution in [-0.4, -0.2) is 38.3 Å². The van der Waals surface area contributed by atoms with Gasteiger partial charge < -0.3 is 10.4 Å². The monoisotopic (exact) mass is 286 g/mol. The summed E-state index contributed by atoms with van der Waals surface area (Å²) >= 11 is 0. The number of aromatic amines is 1. The molecule has 1 aromatic heterocycles. The lowest BCUT2D eigenvalue weighted by Crippen LogP contribution is -2.38. The van der Waals surface area contributed by atoms with E-state index in [1.54, 1.807) is 12.1 Å². The minimum Gasteiger partial charge on any atom is -0.393 e. The van der Waals surface area contributed by atoms with Gasteiger partial charge in [0.1, 0.15) is 6.33 Å². The first-order valence-corrected chi connectivity index (χ1v) is 7.17. The summed E-state index contributed by atoms with van der Waals surface area (Å²) < 4.78 is 0. The highest BCUT2D eigenvalue weighted by Crippen LogP contribution is 2.20. The third-order valence-electron chi connectivity index (χ3n) is 3.85. The van der Waals surface area contributed by atoms with E-state index in [9.17, 15) is 9.90 Å². The molecule has 110 valence electrons. The lowest BCUT2D eigenvalue weighted by molar-refractivity contribution is 0.0867. The molecule has 0 atom stereocenters. The number of rotatable bonds is 3. The second-order valence-corrected chi connectivity index (χ2v) is 5.39. The van der Waals surface area contributed by atoms with Gasteiger partial charge in [-0.15, -0.1) is 0 Å². The van der Waals surface area contributed by atoms with Crippen molar-refractivity contribution >= 4 is 5.91 Å². The fourth-order valence-corrected chi connectivity index (χ4v) is 2.64. The number of hydrogen-bond acceptors (Lipinski definition) is 4. The molecule has 3 rings (SSSR count). The Hall–Kier alpha value is -2.21. The smallest absolute Gasteiger partial charge is 0.251 e. The normalized spacial score (nSPS) is 22.0. The number of hydrogen-bond donors (Lipinski definition) is 3. The van der Waals surface area contributed by atoms with E-state index in [0.717, 1.165) is 31.2 Å². The van der Waals surface area contributed by atoms with Crippen molar-refractivity contribution in [2.24, 2.45) is 0 Å². The number of H-pyrrole nitrogens is 1. The maximum Gasteiger partial charge on any atom is 0.251 e. The molecule has 1 fully saturated rings. The molecule has 0 spiro atoms. The average Bonchev–Trinajstić information content (AvgIpc) is 3.04. The number of aromatic nitrogens is 3. The number of aliphatic hydroxyl groups is 1. The molecule has 3 N–H and O–H groups in total. The van der Waals surface area contributed by atoms with Gasteiger partial charge in [-0.2, -0.15) is 5.10 Å². The van der Waals surface area contributed by atoms with E-state index < -0.39 is 0 Å². The molecule has 6 nitrogen and oxygen atoms in total. The van der Waals surface area contributed by atoms with Crippen LogP contribution < -0.4 is 5.32 Å². The van der Waals surface area contributed by atoms with Crippen LogP contribution in [0.25, 0.3) is 11.4 Å². The van der Waals surface area contributed by atoms with Crippen LogP contribution in [0.3, 0.4) is 0 Å². The molecule has 1 amide bonds. The Morgan fingerprint density at radius 2 is 2.10 bits per heavy atom. The topological polar surface area (TPSA) is 90.9 Å². The van der Waals surface area contributed by atoms with Crippen molar-refractivity contribution in [2.45, 2.75) is 37.8 Å². The average molecular weight is 286 g/mol. The van der Waals surface area contributed by atoms with Crippen molar-refractivity contribution in [3.63, 3.8) is 0 Å². The Labute approximate surface area is 122 Å². The van der Waals surface area contributed by atoms with Gasteiger partial charge in [0.15, 0.2) is 5.82 Å². The largest absolute Gasteiger partial charge is 0.393 e. The zero-order valence-electron chi connectivity index (χ0n) is 11.6. The van der Waals surface area contributed by atoms with Crippen LogP contribution in [0.2, 0.25) is 0 Å². The molecule has 0 aliphatic heterocycles. The number of amides is 1. The highest BCUT2D eigenvalue weighted by Gasteiger charge is 2.21. The Bertz CT molecular complexity index is 604. The molecule has 2 aromatic rings. The third-order valence-corrected chi connectivity index (χ3v) is 3.85. The number of benzene rings is 1. The second kappa shape index (κ2) is 6.05. The predicted octanol–water partition coefficient (Wildman–Crippen LogP) is 1.50. The molecule has 21 heavy (non-hydrogen) atoms. The van der Waals surface area contributed by atoms with Crippen LogP contribution in [0.5, 0.6) is 0 Å². The van der Waals surface area contributed by atoms with Crippen molar-refractivity contribution in [2.75, 3.05) is 0 Å². The van der Waals surface area contributed by atoms with Gasteiger partial charge in [-0.05, 0) is 37.8 Å². The first-order valence-electron chi connectivity index (χ1n) is 7.17. The molecule has 1 saturated carbocycles. The number of nitrogens with zero attached hydrogens (tertiary/aromatic N) is 2. The minimum absolute atomic E-state index is 0.0854. The summed E-state index contributed by atoms with van der Waals surface area (Å²) in [5.74, 6) is 0.559. The van der Waals surface area contributed by atoms with Crippen molar-refractivity contribution in [3.05, 3.63) is 36.2 Å². The Balaban J connectivity index is 1.69. The maximum atomic E-state index is 12.3. The van der Waals surface area contributed by atoms with Crippen LogP contribution in [0.4, 0.5) is 0 Å². The first-order chi connectivity index (χ1) is 10.2. The van der Waals surface area contributed by atoms with Crippen molar-refractivity contribution in [1.82, 2.24) is 20.5 Å². The molecule has 1 aliphatic carbocycles. The number of carbonyl (C=O) groups is 1. The van der Waals surface area contributed by atoms with E-state index in [0.29, 0.717) is 11.4 Å². The van der Waals surface area contributed by atoms with Crippen LogP contribution in [0.15, 0.2) is 30.6 Å². The van der Waals surface area contributed by atoms with Crippen molar-refractivity contribution in [1.29, 1.82) is 0 Å². The van der Waals surface area contributed by atoms with Gasteiger partial charge in [-0.3, -0.25) is 9.89 Å². The van der Waals surface area contributed by atoms with Gasteiger partial charge in [0.2, 0.25) is 0 Å². The summed E-state index contributed by atoms with van der Waals surface area (Å²) in [7, 11) is 0.